The first kappa shape index (κ1) is 9.97. The molecule has 0 saturated heterocycles. The highest BCUT2D eigenvalue weighted by molar-refractivity contribution is 6.22. The maximum absolute atomic E-state index is 5.99. The normalized spacial score (nSPS) is 12.0. The fraction of sp³-hybridized carbons (Fsp3) is 0. The van der Waals surface area contributed by atoms with Crippen LogP contribution in [0.2, 0.25) is 0 Å². The summed E-state index contributed by atoms with van der Waals surface area (Å²) in [6, 6.07) is 12.4. The Bertz CT molecular complexity index is 1100. The average Bonchev–Trinajstić information content (AvgIpc) is 3.04. The van der Waals surface area contributed by atoms with Crippen LogP contribution in [0.15, 0.2) is 53.3 Å². The summed E-state index contributed by atoms with van der Waals surface area (Å²) >= 11 is 0. The van der Waals surface area contributed by atoms with Crippen LogP contribution < -0.4 is 0 Å². The molecule has 0 radical (unpaired) electrons. The molecule has 0 bridgehead atoms. The number of hydrogen-bond acceptors (Lipinski definition) is 3. The first-order valence-corrected chi connectivity index (χ1v) is 6.43. The molecule has 2 aromatic carbocycles. The van der Waals surface area contributed by atoms with Crippen molar-refractivity contribution in [2.24, 2.45) is 0 Å². The molecule has 5 aromatic rings. The van der Waals surface area contributed by atoms with Crippen molar-refractivity contribution in [3.63, 3.8) is 0 Å². The molecular formula is C16H9N3O. The zero-order valence-corrected chi connectivity index (χ0v) is 10.4. The number of rotatable bonds is 0. The van der Waals surface area contributed by atoms with Gasteiger partial charge in [-0.15, -0.1) is 0 Å². The molecule has 4 nitrogen and oxygen atoms in total. The third-order valence-corrected chi connectivity index (χ3v) is 3.77. The predicted octanol–water partition coefficient (Wildman–Crippen LogP) is 4.01. The van der Waals surface area contributed by atoms with E-state index in [1.165, 1.54) is 5.39 Å². The van der Waals surface area contributed by atoms with Crippen molar-refractivity contribution in [1.29, 1.82) is 0 Å². The molecule has 0 aliphatic rings. The maximum Gasteiger partial charge on any atom is 0.172 e. The molecule has 0 atom stereocenters. The predicted molar refractivity (Wildman–Crippen MR) is 78.7 cm³/mol. The second-order valence-corrected chi connectivity index (χ2v) is 4.87. The van der Waals surface area contributed by atoms with Crippen molar-refractivity contribution in [2.45, 2.75) is 0 Å². The number of nitrogens with zero attached hydrogens (tertiary/aromatic N) is 2. The van der Waals surface area contributed by atoms with Gasteiger partial charge in [0.2, 0.25) is 0 Å². The SMILES string of the molecule is c1ccc2c(c1)[nH]c1ccc3c4ncncc4oc3c12. The van der Waals surface area contributed by atoms with E-state index in [1.54, 1.807) is 12.5 Å². The number of nitrogens with one attached hydrogen (secondary N) is 1. The second kappa shape index (κ2) is 3.36. The molecule has 94 valence electrons. The largest absolute Gasteiger partial charge is 0.452 e. The van der Waals surface area contributed by atoms with Gasteiger partial charge < -0.3 is 9.40 Å². The summed E-state index contributed by atoms with van der Waals surface area (Å²) in [5.41, 5.74) is 4.64. The maximum atomic E-state index is 5.99. The van der Waals surface area contributed by atoms with Gasteiger partial charge in [0.1, 0.15) is 17.4 Å². The van der Waals surface area contributed by atoms with E-state index in [2.05, 4.69) is 33.2 Å². The number of benzene rings is 2. The average molecular weight is 259 g/mol. The Hall–Kier alpha value is -2.88. The second-order valence-electron chi connectivity index (χ2n) is 4.87. The fourth-order valence-electron chi connectivity index (χ4n) is 2.91. The van der Waals surface area contributed by atoms with Crippen LogP contribution in [-0.2, 0) is 0 Å². The highest BCUT2D eigenvalue weighted by atomic mass is 16.3. The van der Waals surface area contributed by atoms with E-state index in [4.69, 9.17) is 4.42 Å². The van der Waals surface area contributed by atoms with Gasteiger partial charge in [0.25, 0.3) is 0 Å². The van der Waals surface area contributed by atoms with Crippen LogP contribution in [0, 0.1) is 0 Å². The van der Waals surface area contributed by atoms with Crippen molar-refractivity contribution in [2.75, 3.05) is 0 Å². The van der Waals surface area contributed by atoms with Crippen molar-refractivity contribution >= 4 is 43.9 Å². The van der Waals surface area contributed by atoms with Gasteiger partial charge in [-0.25, -0.2) is 9.97 Å². The molecule has 3 heterocycles. The standard InChI is InChI=1S/C16H9N3O/c1-2-4-11-9(3-1)14-12(19-11)6-5-10-15-13(20-16(10)14)7-17-8-18-15/h1-8,19H. The summed E-state index contributed by atoms with van der Waals surface area (Å²) in [4.78, 5) is 11.8. The van der Waals surface area contributed by atoms with Crippen LogP contribution in [0.1, 0.15) is 0 Å². The summed E-state index contributed by atoms with van der Waals surface area (Å²) in [6.07, 6.45) is 3.26. The van der Waals surface area contributed by atoms with Crippen LogP contribution in [0.5, 0.6) is 0 Å². The lowest BCUT2D eigenvalue weighted by atomic mass is 10.1. The number of para-hydroxylation sites is 1. The minimum Gasteiger partial charge on any atom is -0.452 e. The van der Waals surface area contributed by atoms with Crippen molar-refractivity contribution in [1.82, 2.24) is 15.0 Å². The molecule has 0 saturated carbocycles. The molecule has 0 aliphatic heterocycles. The molecule has 0 unspecified atom stereocenters. The zero-order valence-electron chi connectivity index (χ0n) is 10.4. The van der Waals surface area contributed by atoms with E-state index >= 15 is 0 Å². The minimum absolute atomic E-state index is 0.722. The topological polar surface area (TPSA) is 54.7 Å². The molecule has 4 heteroatoms. The molecule has 20 heavy (non-hydrogen) atoms. The minimum atomic E-state index is 0.722. The zero-order chi connectivity index (χ0) is 13.1. The first-order valence-electron chi connectivity index (χ1n) is 6.43. The molecule has 0 spiro atoms. The lowest BCUT2D eigenvalue weighted by molar-refractivity contribution is 0.669. The molecule has 3 aromatic heterocycles. The van der Waals surface area contributed by atoms with Crippen molar-refractivity contribution in [3.05, 3.63) is 48.9 Å². The number of furan rings is 1. The van der Waals surface area contributed by atoms with E-state index in [0.717, 1.165) is 38.5 Å². The van der Waals surface area contributed by atoms with Gasteiger partial charge in [0, 0.05) is 16.3 Å². The van der Waals surface area contributed by atoms with Crippen LogP contribution in [-0.4, -0.2) is 15.0 Å². The van der Waals surface area contributed by atoms with Crippen LogP contribution in [0.25, 0.3) is 43.9 Å². The number of fused-ring (bicyclic) bond motifs is 7. The Morgan fingerprint density at radius 3 is 2.90 bits per heavy atom. The number of aromatic nitrogens is 3. The Kier molecular flexibility index (Phi) is 1.68. The Labute approximate surface area is 113 Å². The smallest absolute Gasteiger partial charge is 0.172 e. The van der Waals surface area contributed by atoms with Crippen LogP contribution in [0.3, 0.4) is 0 Å². The van der Waals surface area contributed by atoms with Crippen LogP contribution >= 0.6 is 0 Å². The fourth-order valence-corrected chi connectivity index (χ4v) is 2.91. The molecule has 0 aliphatic carbocycles. The lowest BCUT2D eigenvalue weighted by Crippen LogP contribution is -1.75. The summed E-state index contributed by atoms with van der Waals surface area (Å²) < 4.78 is 5.99. The van der Waals surface area contributed by atoms with E-state index < -0.39 is 0 Å². The van der Waals surface area contributed by atoms with E-state index in [1.807, 2.05) is 18.2 Å². The highest BCUT2D eigenvalue weighted by Gasteiger charge is 2.14. The lowest BCUT2D eigenvalue weighted by Gasteiger charge is -1.92. The van der Waals surface area contributed by atoms with E-state index in [0.29, 0.717) is 0 Å². The monoisotopic (exact) mass is 259 g/mol. The third kappa shape index (κ3) is 1.11. The summed E-state index contributed by atoms with van der Waals surface area (Å²) in [5, 5.41) is 3.30. The van der Waals surface area contributed by atoms with Gasteiger partial charge >= 0.3 is 0 Å². The van der Waals surface area contributed by atoms with E-state index in [9.17, 15) is 0 Å². The van der Waals surface area contributed by atoms with Gasteiger partial charge in [-0.3, -0.25) is 0 Å². The van der Waals surface area contributed by atoms with Crippen LogP contribution in [0.4, 0.5) is 0 Å². The molecule has 0 amide bonds. The molecule has 0 fully saturated rings. The summed E-state index contributed by atoms with van der Waals surface area (Å²) in [7, 11) is 0. The highest BCUT2D eigenvalue weighted by Crippen LogP contribution is 2.36. The van der Waals surface area contributed by atoms with E-state index in [-0.39, 0.29) is 0 Å². The van der Waals surface area contributed by atoms with Gasteiger partial charge in [0.05, 0.1) is 17.1 Å². The first-order chi connectivity index (χ1) is 9.92. The van der Waals surface area contributed by atoms with Gasteiger partial charge in [-0.2, -0.15) is 0 Å². The quantitative estimate of drug-likeness (QED) is 0.457. The van der Waals surface area contributed by atoms with Gasteiger partial charge in [-0.05, 0) is 18.2 Å². The Morgan fingerprint density at radius 1 is 0.950 bits per heavy atom. The number of hydrogen-bond donors (Lipinski definition) is 1. The van der Waals surface area contributed by atoms with Crippen molar-refractivity contribution in [3.8, 4) is 0 Å². The third-order valence-electron chi connectivity index (χ3n) is 3.77. The number of aromatic amines is 1. The Morgan fingerprint density at radius 2 is 1.90 bits per heavy atom. The molecular weight excluding hydrogens is 250 g/mol. The number of H-pyrrole nitrogens is 1. The van der Waals surface area contributed by atoms with Gasteiger partial charge in [-0.1, -0.05) is 18.2 Å². The summed E-state index contributed by atoms with van der Waals surface area (Å²) in [6.45, 7) is 0. The Balaban J connectivity index is 2.14. The molecule has 1 N–H and O–H groups in total. The van der Waals surface area contributed by atoms with Gasteiger partial charge in [0.15, 0.2) is 5.58 Å². The summed E-state index contributed by atoms with van der Waals surface area (Å²) in [5.74, 6) is 0. The molecule has 5 rings (SSSR count). The van der Waals surface area contributed by atoms with Crippen molar-refractivity contribution < 1.29 is 4.42 Å².